The van der Waals surface area contributed by atoms with Crippen LogP contribution in [-0.2, 0) is 6.54 Å². The van der Waals surface area contributed by atoms with Crippen molar-refractivity contribution in [1.82, 2.24) is 9.97 Å². The number of hydrogen-bond donors (Lipinski definition) is 3. The van der Waals surface area contributed by atoms with Crippen LogP contribution in [0.15, 0.2) is 6.20 Å². The molecule has 1 aromatic heterocycles. The molecule has 0 amide bonds. The van der Waals surface area contributed by atoms with Gasteiger partial charge in [-0.1, -0.05) is 0 Å². The van der Waals surface area contributed by atoms with Crippen molar-refractivity contribution in [3.8, 4) is 5.88 Å². The number of nitrogens with two attached hydrogens (primary N) is 1. The molecule has 1 aromatic rings. The van der Waals surface area contributed by atoms with Gasteiger partial charge in [0.05, 0.1) is 19.1 Å². The van der Waals surface area contributed by atoms with Crippen LogP contribution in [0, 0.1) is 0 Å². The van der Waals surface area contributed by atoms with Gasteiger partial charge in [-0.3, -0.25) is 0 Å². The van der Waals surface area contributed by atoms with Gasteiger partial charge >= 0.3 is 7.12 Å². The number of aromatic nitrogens is 2. The molecule has 0 fully saturated rings. The van der Waals surface area contributed by atoms with Crippen LogP contribution < -0.4 is 15.9 Å². The fourth-order valence-corrected chi connectivity index (χ4v) is 0.849. The largest absolute Gasteiger partial charge is 0.495 e. The van der Waals surface area contributed by atoms with Crippen LogP contribution in [0.4, 0.5) is 0 Å². The zero-order valence-electron chi connectivity index (χ0n) is 7.14. The van der Waals surface area contributed by atoms with Crippen molar-refractivity contribution in [3.63, 3.8) is 0 Å². The van der Waals surface area contributed by atoms with Gasteiger partial charge in [-0.05, 0) is 0 Å². The first-order valence-corrected chi connectivity index (χ1v) is 3.65. The molecule has 1 heterocycles. The Balaban J connectivity index is 3.08. The zero-order valence-corrected chi connectivity index (χ0v) is 7.14. The highest BCUT2D eigenvalue weighted by Crippen LogP contribution is 2.01. The SMILES string of the molecule is COc1nc(CN)ncc1B(O)O. The minimum atomic E-state index is -1.64. The molecule has 0 aliphatic rings. The van der Waals surface area contributed by atoms with Gasteiger partial charge in [0.25, 0.3) is 0 Å². The van der Waals surface area contributed by atoms with Crippen LogP contribution in [-0.4, -0.2) is 34.2 Å². The van der Waals surface area contributed by atoms with Crippen molar-refractivity contribution >= 4 is 12.6 Å². The maximum atomic E-state index is 8.86. The van der Waals surface area contributed by atoms with E-state index in [-0.39, 0.29) is 17.9 Å². The maximum absolute atomic E-state index is 8.86. The lowest BCUT2D eigenvalue weighted by molar-refractivity contribution is 0.388. The predicted molar refractivity (Wildman–Crippen MR) is 46.3 cm³/mol. The van der Waals surface area contributed by atoms with E-state index in [1.54, 1.807) is 0 Å². The Morgan fingerprint density at radius 2 is 2.31 bits per heavy atom. The summed E-state index contributed by atoms with van der Waals surface area (Å²) in [6, 6.07) is 0. The second-order valence-corrected chi connectivity index (χ2v) is 2.33. The molecule has 0 radical (unpaired) electrons. The summed E-state index contributed by atoms with van der Waals surface area (Å²) in [5, 5.41) is 17.7. The molecular formula is C6H10BN3O3. The predicted octanol–water partition coefficient (Wildman–Crippen LogP) is -2.38. The molecule has 0 aliphatic heterocycles. The van der Waals surface area contributed by atoms with E-state index in [9.17, 15) is 0 Å². The Hall–Kier alpha value is -1.18. The molecule has 0 saturated carbocycles. The third kappa shape index (κ3) is 2.14. The van der Waals surface area contributed by atoms with Crippen LogP contribution in [0.5, 0.6) is 5.88 Å². The first kappa shape index (κ1) is 9.91. The summed E-state index contributed by atoms with van der Waals surface area (Å²) in [6.45, 7) is 0.179. The van der Waals surface area contributed by atoms with Crippen molar-refractivity contribution < 1.29 is 14.8 Å². The van der Waals surface area contributed by atoms with Crippen LogP contribution in [0.1, 0.15) is 5.82 Å². The van der Waals surface area contributed by atoms with E-state index in [1.165, 1.54) is 13.3 Å². The summed E-state index contributed by atoms with van der Waals surface area (Å²) in [7, 11) is -0.254. The average molecular weight is 183 g/mol. The Kier molecular flexibility index (Phi) is 3.18. The van der Waals surface area contributed by atoms with Crippen molar-refractivity contribution in [2.75, 3.05) is 7.11 Å². The summed E-state index contributed by atoms with van der Waals surface area (Å²) in [5.41, 5.74) is 5.42. The standard InChI is InChI=1S/C6H10BN3O3/c1-13-6-4(7(11)12)3-9-5(2-8)10-6/h3,11-12H,2,8H2,1H3. The minimum absolute atomic E-state index is 0.125. The number of nitrogens with zero attached hydrogens (tertiary/aromatic N) is 2. The summed E-state index contributed by atoms with van der Waals surface area (Å²) >= 11 is 0. The monoisotopic (exact) mass is 183 g/mol. The van der Waals surface area contributed by atoms with E-state index < -0.39 is 7.12 Å². The molecule has 0 spiro atoms. The summed E-state index contributed by atoms with van der Waals surface area (Å²) in [4.78, 5) is 7.64. The molecule has 0 saturated heterocycles. The third-order valence-electron chi connectivity index (χ3n) is 1.48. The third-order valence-corrected chi connectivity index (χ3v) is 1.48. The fraction of sp³-hybridized carbons (Fsp3) is 0.333. The minimum Gasteiger partial charge on any atom is -0.481 e. The number of hydrogen-bond acceptors (Lipinski definition) is 6. The zero-order chi connectivity index (χ0) is 9.84. The molecule has 0 aliphatic carbocycles. The quantitative estimate of drug-likeness (QED) is 0.452. The molecule has 4 N–H and O–H groups in total. The van der Waals surface area contributed by atoms with E-state index in [2.05, 4.69) is 9.97 Å². The van der Waals surface area contributed by atoms with Gasteiger partial charge < -0.3 is 20.5 Å². The Labute approximate surface area is 75.5 Å². The molecule has 6 nitrogen and oxygen atoms in total. The van der Waals surface area contributed by atoms with Crippen LogP contribution in [0.25, 0.3) is 0 Å². The highest BCUT2D eigenvalue weighted by atomic mass is 16.5. The normalized spacial score (nSPS) is 9.85. The average Bonchev–Trinajstić information content (AvgIpc) is 2.16. The molecule has 0 atom stereocenters. The molecule has 70 valence electrons. The lowest BCUT2D eigenvalue weighted by Crippen LogP contribution is -2.33. The summed E-state index contributed by atoms with van der Waals surface area (Å²) in [6.07, 6.45) is 1.28. The maximum Gasteiger partial charge on any atom is 0.495 e. The van der Waals surface area contributed by atoms with Gasteiger partial charge in [0.1, 0.15) is 5.82 Å². The lowest BCUT2D eigenvalue weighted by atomic mass is 9.82. The van der Waals surface area contributed by atoms with Crippen molar-refractivity contribution in [1.29, 1.82) is 0 Å². The number of ether oxygens (including phenoxy) is 1. The highest BCUT2D eigenvalue weighted by Gasteiger charge is 2.18. The molecule has 0 aromatic carbocycles. The second-order valence-electron chi connectivity index (χ2n) is 2.33. The molecule has 13 heavy (non-hydrogen) atoms. The lowest BCUT2D eigenvalue weighted by Gasteiger charge is -2.06. The van der Waals surface area contributed by atoms with E-state index in [0.717, 1.165) is 0 Å². The van der Waals surface area contributed by atoms with Gasteiger partial charge in [0.15, 0.2) is 0 Å². The van der Waals surface area contributed by atoms with E-state index in [4.69, 9.17) is 20.5 Å². The van der Waals surface area contributed by atoms with E-state index in [0.29, 0.717) is 5.82 Å². The second kappa shape index (κ2) is 4.17. The van der Waals surface area contributed by atoms with Crippen molar-refractivity contribution in [3.05, 3.63) is 12.0 Å². The van der Waals surface area contributed by atoms with Gasteiger partial charge in [-0.25, -0.2) is 4.98 Å². The van der Waals surface area contributed by atoms with Crippen molar-refractivity contribution in [2.24, 2.45) is 5.73 Å². The molecule has 7 heteroatoms. The van der Waals surface area contributed by atoms with E-state index in [1.807, 2.05) is 0 Å². The molecule has 0 bridgehead atoms. The van der Waals surface area contributed by atoms with Crippen LogP contribution in [0.3, 0.4) is 0 Å². The van der Waals surface area contributed by atoms with Crippen LogP contribution >= 0.6 is 0 Å². The number of methoxy groups -OCH3 is 1. The first-order chi connectivity index (χ1) is 6.19. The first-order valence-electron chi connectivity index (χ1n) is 3.65. The Bertz CT molecular complexity index is 294. The van der Waals surface area contributed by atoms with E-state index >= 15 is 0 Å². The van der Waals surface area contributed by atoms with Crippen molar-refractivity contribution in [2.45, 2.75) is 6.54 Å². The fourth-order valence-electron chi connectivity index (χ4n) is 0.849. The highest BCUT2D eigenvalue weighted by molar-refractivity contribution is 6.59. The number of rotatable bonds is 3. The molecule has 0 unspecified atom stereocenters. The van der Waals surface area contributed by atoms with Crippen LogP contribution in [0.2, 0.25) is 0 Å². The topological polar surface area (TPSA) is 101 Å². The molecular weight excluding hydrogens is 173 g/mol. The van der Waals surface area contributed by atoms with Gasteiger partial charge in [0, 0.05) is 6.20 Å². The van der Waals surface area contributed by atoms with Gasteiger partial charge in [0.2, 0.25) is 5.88 Å². The van der Waals surface area contributed by atoms with Gasteiger partial charge in [-0.2, -0.15) is 4.98 Å². The smallest absolute Gasteiger partial charge is 0.481 e. The summed E-state index contributed by atoms with van der Waals surface area (Å²) < 4.78 is 4.82. The Morgan fingerprint density at radius 1 is 1.62 bits per heavy atom. The molecule has 1 rings (SSSR count). The summed E-state index contributed by atoms with van der Waals surface area (Å²) in [5.74, 6) is 0.520. The van der Waals surface area contributed by atoms with Gasteiger partial charge in [-0.15, -0.1) is 0 Å². The Morgan fingerprint density at radius 3 is 2.77 bits per heavy atom.